The van der Waals surface area contributed by atoms with Gasteiger partial charge in [-0.05, 0) is 36.1 Å². The van der Waals surface area contributed by atoms with Gasteiger partial charge in [0.05, 0.1) is 6.54 Å². The number of benzene rings is 1. The smallest absolute Gasteiger partial charge is 0.253 e. The van der Waals surface area contributed by atoms with Crippen molar-refractivity contribution in [3.05, 3.63) is 35.4 Å². The van der Waals surface area contributed by atoms with Crippen molar-refractivity contribution in [1.82, 2.24) is 9.80 Å². The normalized spacial score (nSPS) is 24.1. The van der Waals surface area contributed by atoms with Crippen molar-refractivity contribution in [3.63, 3.8) is 0 Å². The van der Waals surface area contributed by atoms with E-state index in [1.54, 1.807) is 12.1 Å². The standard InChI is InChI=1S/C18H23N3O3/c1-18(11-19)8-9-20(12-18)17(24)14-4-2-13(3-5-14)10-21-15(22)6-7-16(21)23/h2-5H,6-12,19H2,1H3. The Kier molecular flexibility index (Phi) is 4.41. The van der Waals surface area contributed by atoms with E-state index in [1.165, 1.54) is 4.90 Å². The Labute approximate surface area is 141 Å². The number of hydrogen-bond acceptors (Lipinski definition) is 4. The lowest BCUT2D eigenvalue weighted by molar-refractivity contribution is -0.139. The first-order valence-electron chi connectivity index (χ1n) is 8.33. The number of imide groups is 1. The zero-order valence-electron chi connectivity index (χ0n) is 14.0. The van der Waals surface area contributed by atoms with Gasteiger partial charge < -0.3 is 10.6 Å². The summed E-state index contributed by atoms with van der Waals surface area (Å²) in [7, 11) is 0. The van der Waals surface area contributed by atoms with Crippen LogP contribution in [0.3, 0.4) is 0 Å². The Morgan fingerprint density at radius 3 is 2.33 bits per heavy atom. The summed E-state index contributed by atoms with van der Waals surface area (Å²) >= 11 is 0. The first-order chi connectivity index (χ1) is 11.4. The average Bonchev–Trinajstić information content (AvgIpc) is 3.13. The van der Waals surface area contributed by atoms with E-state index >= 15 is 0 Å². The molecule has 1 aromatic rings. The highest BCUT2D eigenvalue weighted by Crippen LogP contribution is 2.29. The van der Waals surface area contributed by atoms with Gasteiger partial charge in [-0.2, -0.15) is 0 Å². The summed E-state index contributed by atoms with van der Waals surface area (Å²) in [5.41, 5.74) is 7.27. The SMILES string of the molecule is CC1(CN)CCN(C(=O)c2ccc(CN3C(=O)CCC3=O)cc2)C1. The first kappa shape index (κ1) is 16.6. The zero-order chi connectivity index (χ0) is 17.3. The fourth-order valence-electron chi connectivity index (χ4n) is 3.28. The number of nitrogens with zero attached hydrogens (tertiary/aromatic N) is 2. The van der Waals surface area contributed by atoms with Crippen LogP contribution in [0.4, 0.5) is 0 Å². The summed E-state index contributed by atoms with van der Waals surface area (Å²) in [6.07, 6.45) is 1.51. The molecule has 24 heavy (non-hydrogen) atoms. The van der Waals surface area contributed by atoms with Gasteiger partial charge in [-0.25, -0.2) is 0 Å². The lowest BCUT2D eigenvalue weighted by atomic mass is 9.90. The molecule has 2 aliphatic rings. The molecule has 2 saturated heterocycles. The van der Waals surface area contributed by atoms with Gasteiger partial charge in [0.1, 0.15) is 0 Å². The Morgan fingerprint density at radius 2 is 1.79 bits per heavy atom. The van der Waals surface area contributed by atoms with Gasteiger partial charge in [0.15, 0.2) is 0 Å². The van der Waals surface area contributed by atoms with Gasteiger partial charge in [-0.3, -0.25) is 19.3 Å². The highest BCUT2D eigenvalue weighted by molar-refractivity contribution is 6.01. The van der Waals surface area contributed by atoms with E-state index in [-0.39, 0.29) is 29.7 Å². The van der Waals surface area contributed by atoms with Crippen molar-refractivity contribution in [2.24, 2.45) is 11.1 Å². The van der Waals surface area contributed by atoms with Crippen LogP contribution in [0.2, 0.25) is 0 Å². The van der Waals surface area contributed by atoms with E-state index in [4.69, 9.17) is 5.73 Å². The summed E-state index contributed by atoms with van der Waals surface area (Å²) in [4.78, 5) is 39.0. The lowest BCUT2D eigenvalue weighted by Crippen LogP contribution is -2.34. The molecule has 128 valence electrons. The number of likely N-dealkylation sites (tertiary alicyclic amines) is 2. The maximum Gasteiger partial charge on any atom is 0.253 e. The van der Waals surface area contributed by atoms with Crippen LogP contribution in [0.25, 0.3) is 0 Å². The molecule has 1 unspecified atom stereocenters. The van der Waals surface area contributed by atoms with Gasteiger partial charge in [-0.1, -0.05) is 19.1 Å². The molecule has 1 atom stereocenters. The molecule has 1 aromatic carbocycles. The quantitative estimate of drug-likeness (QED) is 0.840. The van der Waals surface area contributed by atoms with Gasteiger partial charge in [0.25, 0.3) is 5.91 Å². The topological polar surface area (TPSA) is 83.7 Å². The molecule has 0 saturated carbocycles. The monoisotopic (exact) mass is 329 g/mol. The lowest BCUT2D eigenvalue weighted by Gasteiger charge is -2.22. The average molecular weight is 329 g/mol. The molecular weight excluding hydrogens is 306 g/mol. The van der Waals surface area contributed by atoms with E-state index in [0.717, 1.165) is 18.5 Å². The molecule has 2 heterocycles. The molecule has 2 fully saturated rings. The summed E-state index contributed by atoms with van der Waals surface area (Å²) in [5.74, 6) is -0.247. The number of amides is 3. The Bertz CT molecular complexity index is 655. The van der Waals surface area contributed by atoms with Crippen LogP contribution in [0.5, 0.6) is 0 Å². The van der Waals surface area contributed by atoms with Crippen LogP contribution in [-0.2, 0) is 16.1 Å². The Balaban J connectivity index is 1.65. The molecule has 3 rings (SSSR count). The third-order valence-corrected chi connectivity index (χ3v) is 5.03. The van der Waals surface area contributed by atoms with Gasteiger partial charge in [-0.15, -0.1) is 0 Å². The molecule has 2 N–H and O–H groups in total. The molecule has 6 nitrogen and oxygen atoms in total. The molecule has 0 aromatic heterocycles. The second kappa shape index (κ2) is 6.36. The number of carbonyl (C=O) groups is 3. The first-order valence-corrected chi connectivity index (χ1v) is 8.33. The fraction of sp³-hybridized carbons (Fsp3) is 0.500. The number of nitrogens with two attached hydrogens (primary N) is 1. The maximum absolute atomic E-state index is 12.6. The number of hydrogen-bond donors (Lipinski definition) is 1. The molecule has 0 radical (unpaired) electrons. The molecule has 6 heteroatoms. The minimum Gasteiger partial charge on any atom is -0.338 e. The largest absolute Gasteiger partial charge is 0.338 e. The molecule has 0 spiro atoms. The van der Waals surface area contributed by atoms with Crippen LogP contribution in [0.15, 0.2) is 24.3 Å². The van der Waals surface area contributed by atoms with Gasteiger partial charge >= 0.3 is 0 Å². The van der Waals surface area contributed by atoms with Crippen molar-refractivity contribution in [1.29, 1.82) is 0 Å². The van der Waals surface area contributed by atoms with Gasteiger partial charge in [0.2, 0.25) is 11.8 Å². The van der Waals surface area contributed by atoms with E-state index in [9.17, 15) is 14.4 Å². The minimum atomic E-state index is -0.127. The van der Waals surface area contributed by atoms with Crippen LogP contribution >= 0.6 is 0 Å². The van der Waals surface area contributed by atoms with Crippen molar-refractivity contribution < 1.29 is 14.4 Å². The predicted molar refractivity (Wildman–Crippen MR) is 88.9 cm³/mol. The van der Waals surface area contributed by atoms with E-state index < -0.39 is 0 Å². The molecule has 0 aliphatic carbocycles. The van der Waals surface area contributed by atoms with Crippen molar-refractivity contribution in [3.8, 4) is 0 Å². The Morgan fingerprint density at radius 1 is 1.17 bits per heavy atom. The summed E-state index contributed by atoms with van der Waals surface area (Å²) in [5, 5.41) is 0. The molecule has 2 aliphatic heterocycles. The van der Waals surface area contributed by atoms with Crippen LogP contribution < -0.4 is 5.73 Å². The minimum absolute atomic E-state index is 0.00603. The molecule has 0 bridgehead atoms. The van der Waals surface area contributed by atoms with Crippen molar-refractivity contribution in [2.75, 3.05) is 19.6 Å². The van der Waals surface area contributed by atoms with E-state index in [2.05, 4.69) is 6.92 Å². The second-order valence-corrected chi connectivity index (χ2v) is 7.06. The van der Waals surface area contributed by atoms with Crippen molar-refractivity contribution >= 4 is 17.7 Å². The van der Waals surface area contributed by atoms with E-state index in [1.807, 2.05) is 17.0 Å². The van der Waals surface area contributed by atoms with Crippen LogP contribution in [0.1, 0.15) is 42.1 Å². The Hall–Kier alpha value is -2.21. The van der Waals surface area contributed by atoms with Gasteiger partial charge in [0, 0.05) is 31.5 Å². The van der Waals surface area contributed by atoms with E-state index in [0.29, 0.717) is 31.5 Å². The highest BCUT2D eigenvalue weighted by atomic mass is 16.2. The summed E-state index contributed by atoms with van der Waals surface area (Å²) in [6, 6.07) is 7.15. The summed E-state index contributed by atoms with van der Waals surface area (Å²) in [6.45, 7) is 4.37. The third kappa shape index (κ3) is 3.19. The second-order valence-electron chi connectivity index (χ2n) is 7.06. The summed E-state index contributed by atoms with van der Waals surface area (Å²) < 4.78 is 0. The third-order valence-electron chi connectivity index (χ3n) is 5.03. The van der Waals surface area contributed by atoms with Crippen LogP contribution in [-0.4, -0.2) is 47.2 Å². The highest BCUT2D eigenvalue weighted by Gasteiger charge is 2.35. The zero-order valence-corrected chi connectivity index (χ0v) is 14.0. The predicted octanol–water partition coefficient (Wildman–Crippen LogP) is 1.15. The van der Waals surface area contributed by atoms with Crippen molar-refractivity contribution in [2.45, 2.75) is 32.7 Å². The maximum atomic E-state index is 12.6. The molecular formula is C18H23N3O3. The number of carbonyl (C=O) groups excluding carboxylic acids is 3. The molecule has 3 amide bonds. The fourth-order valence-corrected chi connectivity index (χ4v) is 3.28. The number of rotatable bonds is 4. The van der Waals surface area contributed by atoms with Crippen LogP contribution in [0, 0.1) is 5.41 Å².